The average molecular weight is 360 g/mol. The van der Waals surface area contributed by atoms with Gasteiger partial charge in [0.05, 0.1) is 29.8 Å². The molecule has 0 unspecified atom stereocenters. The Morgan fingerprint density at radius 1 is 1.28 bits per heavy atom. The van der Waals surface area contributed by atoms with Crippen molar-refractivity contribution in [2.24, 2.45) is 0 Å². The standard InChI is InChI=1S/C17H20N4O3S/c1-3-6-14-19-15(24-20-14)11-25-17-18-13-8-5-4-7-12(13)16(22)21(17)9-10-23-2/h4-5,7-8H,3,6,9-11H2,1-2H3. The minimum absolute atomic E-state index is 0.0673. The van der Waals surface area contributed by atoms with Gasteiger partial charge in [-0.25, -0.2) is 4.98 Å². The summed E-state index contributed by atoms with van der Waals surface area (Å²) < 4.78 is 12.0. The second-order valence-corrected chi connectivity index (χ2v) is 6.45. The highest BCUT2D eigenvalue weighted by atomic mass is 32.2. The molecule has 3 aromatic rings. The number of nitrogens with zero attached hydrogens (tertiary/aromatic N) is 4. The second-order valence-electron chi connectivity index (χ2n) is 5.50. The molecule has 1 aromatic carbocycles. The third-order valence-electron chi connectivity index (χ3n) is 3.65. The van der Waals surface area contributed by atoms with Gasteiger partial charge >= 0.3 is 0 Å². The van der Waals surface area contributed by atoms with Crippen molar-refractivity contribution in [3.8, 4) is 0 Å². The molecule has 25 heavy (non-hydrogen) atoms. The molecule has 0 bridgehead atoms. The van der Waals surface area contributed by atoms with E-state index >= 15 is 0 Å². The smallest absolute Gasteiger partial charge is 0.262 e. The highest BCUT2D eigenvalue weighted by Gasteiger charge is 2.13. The molecule has 8 heteroatoms. The molecule has 0 amide bonds. The summed E-state index contributed by atoms with van der Waals surface area (Å²) in [7, 11) is 1.61. The lowest BCUT2D eigenvalue weighted by Gasteiger charge is -2.11. The molecular formula is C17H20N4O3S. The molecule has 7 nitrogen and oxygen atoms in total. The van der Waals surface area contributed by atoms with Gasteiger partial charge in [-0.05, 0) is 18.6 Å². The van der Waals surface area contributed by atoms with E-state index in [-0.39, 0.29) is 5.56 Å². The number of hydrogen-bond donors (Lipinski definition) is 0. The first-order valence-electron chi connectivity index (χ1n) is 8.15. The zero-order valence-corrected chi connectivity index (χ0v) is 15.1. The van der Waals surface area contributed by atoms with Crippen LogP contribution in [0.1, 0.15) is 25.1 Å². The molecule has 132 valence electrons. The minimum atomic E-state index is -0.0673. The number of hydrogen-bond acceptors (Lipinski definition) is 7. The Bertz CT molecular complexity index is 906. The van der Waals surface area contributed by atoms with Crippen molar-refractivity contribution in [3.63, 3.8) is 0 Å². The Labute approximate surface area is 149 Å². The van der Waals surface area contributed by atoms with E-state index in [1.54, 1.807) is 17.7 Å². The molecule has 0 aliphatic rings. The van der Waals surface area contributed by atoms with Crippen LogP contribution in [-0.4, -0.2) is 33.4 Å². The van der Waals surface area contributed by atoms with Crippen molar-refractivity contribution < 1.29 is 9.26 Å². The average Bonchev–Trinajstić information content (AvgIpc) is 3.07. The van der Waals surface area contributed by atoms with E-state index in [0.29, 0.717) is 46.7 Å². The normalized spacial score (nSPS) is 11.3. The van der Waals surface area contributed by atoms with E-state index in [4.69, 9.17) is 9.26 Å². The first-order chi connectivity index (χ1) is 12.2. The van der Waals surface area contributed by atoms with Crippen LogP contribution in [0.4, 0.5) is 0 Å². The lowest BCUT2D eigenvalue weighted by Crippen LogP contribution is -2.25. The van der Waals surface area contributed by atoms with Crippen LogP contribution in [0.5, 0.6) is 0 Å². The van der Waals surface area contributed by atoms with Crippen molar-refractivity contribution in [1.82, 2.24) is 19.7 Å². The minimum Gasteiger partial charge on any atom is -0.383 e. The molecule has 0 N–H and O–H groups in total. The van der Waals surface area contributed by atoms with Crippen LogP contribution < -0.4 is 5.56 Å². The maximum atomic E-state index is 12.8. The van der Waals surface area contributed by atoms with Crippen LogP contribution in [0.25, 0.3) is 10.9 Å². The fourth-order valence-corrected chi connectivity index (χ4v) is 3.30. The molecule has 0 aliphatic heterocycles. The van der Waals surface area contributed by atoms with E-state index in [9.17, 15) is 4.79 Å². The molecule has 0 spiro atoms. The summed E-state index contributed by atoms with van der Waals surface area (Å²) in [4.78, 5) is 21.7. The van der Waals surface area contributed by atoms with Gasteiger partial charge in [-0.1, -0.05) is 36.0 Å². The summed E-state index contributed by atoms with van der Waals surface area (Å²) in [6.45, 7) is 2.95. The summed E-state index contributed by atoms with van der Waals surface area (Å²) in [5.41, 5.74) is 0.614. The van der Waals surface area contributed by atoms with Gasteiger partial charge in [0.1, 0.15) is 0 Å². The third kappa shape index (κ3) is 4.08. The van der Waals surface area contributed by atoms with Gasteiger partial charge in [0.15, 0.2) is 11.0 Å². The van der Waals surface area contributed by atoms with E-state index < -0.39 is 0 Å². The van der Waals surface area contributed by atoms with Crippen LogP contribution in [0.3, 0.4) is 0 Å². The Hall–Kier alpha value is -2.19. The van der Waals surface area contributed by atoms with E-state index in [1.165, 1.54) is 11.8 Å². The number of rotatable bonds is 8. The number of para-hydroxylation sites is 1. The lowest BCUT2D eigenvalue weighted by molar-refractivity contribution is 0.183. The maximum Gasteiger partial charge on any atom is 0.262 e. The number of fused-ring (bicyclic) bond motifs is 1. The van der Waals surface area contributed by atoms with E-state index in [0.717, 1.165) is 12.8 Å². The topological polar surface area (TPSA) is 83.0 Å². The molecule has 2 heterocycles. The second kappa shape index (κ2) is 8.26. The van der Waals surface area contributed by atoms with Gasteiger partial charge in [0.2, 0.25) is 5.89 Å². The van der Waals surface area contributed by atoms with Crippen molar-refractivity contribution in [2.75, 3.05) is 13.7 Å². The third-order valence-corrected chi connectivity index (χ3v) is 4.62. The largest absolute Gasteiger partial charge is 0.383 e. The molecule has 0 fully saturated rings. The molecule has 0 saturated carbocycles. The lowest BCUT2D eigenvalue weighted by atomic mass is 10.2. The number of thioether (sulfide) groups is 1. The highest BCUT2D eigenvalue weighted by molar-refractivity contribution is 7.98. The fourth-order valence-electron chi connectivity index (χ4n) is 2.44. The van der Waals surface area contributed by atoms with Crippen LogP contribution in [0, 0.1) is 0 Å². The van der Waals surface area contributed by atoms with E-state index in [1.807, 2.05) is 18.2 Å². The number of ether oxygens (including phenoxy) is 1. The summed E-state index contributed by atoms with van der Waals surface area (Å²) in [5.74, 6) is 1.71. The van der Waals surface area contributed by atoms with Crippen LogP contribution in [-0.2, 0) is 23.5 Å². The monoisotopic (exact) mass is 360 g/mol. The molecule has 0 aliphatic carbocycles. The number of methoxy groups -OCH3 is 1. The molecule has 3 rings (SSSR count). The molecule has 0 atom stereocenters. The molecule has 0 radical (unpaired) electrons. The zero-order chi connectivity index (χ0) is 17.6. The van der Waals surface area contributed by atoms with Gasteiger partial charge in [0.25, 0.3) is 5.56 Å². The Balaban J connectivity index is 1.88. The van der Waals surface area contributed by atoms with Crippen molar-refractivity contribution >= 4 is 22.7 Å². The summed E-state index contributed by atoms with van der Waals surface area (Å²) >= 11 is 1.41. The predicted molar refractivity (Wildman–Crippen MR) is 95.7 cm³/mol. The van der Waals surface area contributed by atoms with Gasteiger partial charge in [-0.3, -0.25) is 9.36 Å². The fraction of sp³-hybridized carbons (Fsp3) is 0.412. The molecule has 0 saturated heterocycles. The van der Waals surface area contributed by atoms with Crippen LogP contribution >= 0.6 is 11.8 Å². The molecular weight excluding hydrogens is 340 g/mol. The summed E-state index contributed by atoms with van der Waals surface area (Å²) in [6.07, 6.45) is 1.76. The van der Waals surface area contributed by atoms with Gasteiger partial charge < -0.3 is 9.26 Å². The number of aromatic nitrogens is 4. The van der Waals surface area contributed by atoms with Gasteiger partial charge in [-0.15, -0.1) is 0 Å². The highest BCUT2D eigenvalue weighted by Crippen LogP contribution is 2.21. The number of aryl methyl sites for hydroxylation is 1. The quantitative estimate of drug-likeness (QED) is 0.451. The SMILES string of the molecule is CCCc1noc(CSc2nc3ccccc3c(=O)n2CCOC)n1. The van der Waals surface area contributed by atoms with Crippen LogP contribution in [0.15, 0.2) is 38.7 Å². The van der Waals surface area contributed by atoms with Crippen molar-refractivity contribution in [2.45, 2.75) is 37.2 Å². The Morgan fingerprint density at radius 3 is 2.92 bits per heavy atom. The first-order valence-corrected chi connectivity index (χ1v) is 9.14. The van der Waals surface area contributed by atoms with Crippen molar-refractivity contribution in [3.05, 3.63) is 46.3 Å². The summed E-state index contributed by atoms with van der Waals surface area (Å²) in [6, 6.07) is 7.34. The Kier molecular flexibility index (Phi) is 5.83. The van der Waals surface area contributed by atoms with Crippen molar-refractivity contribution in [1.29, 1.82) is 0 Å². The van der Waals surface area contributed by atoms with Crippen LogP contribution in [0.2, 0.25) is 0 Å². The predicted octanol–water partition coefficient (Wildman–Crippen LogP) is 2.67. The van der Waals surface area contributed by atoms with Gasteiger partial charge in [0, 0.05) is 13.5 Å². The zero-order valence-electron chi connectivity index (χ0n) is 14.3. The maximum absolute atomic E-state index is 12.8. The van der Waals surface area contributed by atoms with Gasteiger partial charge in [-0.2, -0.15) is 4.98 Å². The molecule has 2 aromatic heterocycles. The Morgan fingerprint density at radius 2 is 2.12 bits per heavy atom. The summed E-state index contributed by atoms with van der Waals surface area (Å²) in [5, 5.41) is 5.17. The number of benzene rings is 1. The first kappa shape index (κ1) is 17.6. The van der Waals surface area contributed by atoms with E-state index in [2.05, 4.69) is 22.0 Å².